The van der Waals surface area contributed by atoms with Crippen molar-refractivity contribution in [2.24, 2.45) is 11.7 Å². The first-order chi connectivity index (χ1) is 10.5. The molecule has 2 aromatic rings. The molecule has 0 radical (unpaired) electrons. The Morgan fingerprint density at radius 1 is 1.41 bits per heavy atom. The molecule has 0 aromatic carbocycles. The molecule has 22 heavy (non-hydrogen) atoms. The topological polar surface area (TPSA) is 85.3 Å². The number of fused-ring (bicyclic) bond motifs is 1. The van der Waals surface area contributed by atoms with E-state index in [4.69, 9.17) is 5.73 Å². The first-order valence-corrected chi connectivity index (χ1v) is 7.85. The predicted octanol–water partition coefficient (Wildman–Crippen LogP) is 1.51. The lowest BCUT2D eigenvalue weighted by Gasteiger charge is -2.19. The average Bonchev–Trinajstić information content (AvgIpc) is 3.02. The molecular weight excluding hydrogens is 278 g/mol. The molecule has 1 saturated carbocycles. The van der Waals surface area contributed by atoms with Crippen molar-refractivity contribution < 1.29 is 4.79 Å². The minimum atomic E-state index is -0.0876. The molecule has 3 rings (SSSR count). The Morgan fingerprint density at radius 2 is 2.18 bits per heavy atom. The van der Waals surface area contributed by atoms with Gasteiger partial charge in [-0.15, -0.1) is 0 Å². The SMILES string of the molecule is Cc1cc(C)n2nc(C)c(C(=O)N[C@@H]3CCC[C@@H]3CN)c2n1. The van der Waals surface area contributed by atoms with Crippen LogP contribution in [0, 0.1) is 26.7 Å². The summed E-state index contributed by atoms with van der Waals surface area (Å²) in [5, 5.41) is 7.60. The highest BCUT2D eigenvalue weighted by molar-refractivity contribution is 6.01. The van der Waals surface area contributed by atoms with Gasteiger partial charge >= 0.3 is 0 Å². The van der Waals surface area contributed by atoms with Crippen molar-refractivity contribution in [2.45, 2.75) is 46.1 Å². The Bertz CT molecular complexity index is 721. The molecule has 118 valence electrons. The van der Waals surface area contributed by atoms with E-state index in [0.717, 1.165) is 30.7 Å². The van der Waals surface area contributed by atoms with Crippen LogP contribution in [0.1, 0.15) is 46.7 Å². The fourth-order valence-electron chi connectivity index (χ4n) is 3.44. The second-order valence-corrected chi connectivity index (χ2v) is 6.24. The van der Waals surface area contributed by atoms with Crippen molar-refractivity contribution in [2.75, 3.05) is 6.54 Å². The van der Waals surface area contributed by atoms with E-state index >= 15 is 0 Å². The Hall–Kier alpha value is -1.95. The molecule has 0 unspecified atom stereocenters. The molecule has 0 aliphatic heterocycles. The fourth-order valence-corrected chi connectivity index (χ4v) is 3.44. The van der Waals surface area contributed by atoms with Crippen molar-refractivity contribution in [3.8, 4) is 0 Å². The molecule has 0 saturated heterocycles. The van der Waals surface area contributed by atoms with Gasteiger partial charge in [0.2, 0.25) is 0 Å². The van der Waals surface area contributed by atoms with Gasteiger partial charge in [-0.05, 0) is 52.1 Å². The third kappa shape index (κ3) is 2.47. The molecular formula is C16H23N5O. The summed E-state index contributed by atoms with van der Waals surface area (Å²) >= 11 is 0. The molecule has 1 aliphatic carbocycles. The Kier molecular flexibility index (Phi) is 3.87. The first-order valence-electron chi connectivity index (χ1n) is 7.85. The van der Waals surface area contributed by atoms with Crippen LogP contribution in [0.5, 0.6) is 0 Å². The van der Waals surface area contributed by atoms with E-state index in [1.165, 1.54) is 0 Å². The van der Waals surface area contributed by atoms with Gasteiger partial charge in [-0.2, -0.15) is 5.10 Å². The van der Waals surface area contributed by atoms with Crippen LogP contribution in [0.4, 0.5) is 0 Å². The number of amides is 1. The number of hydrogen-bond donors (Lipinski definition) is 2. The summed E-state index contributed by atoms with van der Waals surface area (Å²) in [6, 6.07) is 2.13. The Morgan fingerprint density at radius 3 is 2.91 bits per heavy atom. The zero-order valence-electron chi connectivity index (χ0n) is 13.4. The van der Waals surface area contributed by atoms with Gasteiger partial charge < -0.3 is 11.1 Å². The molecule has 3 N–H and O–H groups in total. The standard InChI is InChI=1S/C16H23N5O/c1-9-7-10(2)21-15(18-9)14(11(3)20-21)16(22)19-13-6-4-5-12(13)8-17/h7,12-13H,4-6,8,17H2,1-3H3,(H,19,22)/t12-,13-/m1/s1. The summed E-state index contributed by atoms with van der Waals surface area (Å²) in [6.07, 6.45) is 3.21. The largest absolute Gasteiger partial charge is 0.349 e. The molecule has 2 heterocycles. The lowest BCUT2D eigenvalue weighted by Crippen LogP contribution is -2.40. The minimum absolute atomic E-state index is 0.0876. The highest BCUT2D eigenvalue weighted by Crippen LogP contribution is 2.25. The van der Waals surface area contributed by atoms with Gasteiger partial charge in [0.25, 0.3) is 5.91 Å². The zero-order valence-corrected chi connectivity index (χ0v) is 13.4. The van der Waals surface area contributed by atoms with Crippen LogP contribution in [0.25, 0.3) is 5.65 Å². The maximum absolute atomic E-state index is 12.7. The maximum atomic E-state index is 12.7. The Labute approximate surface area is 130 Å². The lowest BCUT2D eigenvalue weighted by atomic mass is 10.0. The number of nitrogens with one attached hydrogen (secondary N) is 1. The van der Waals surface area contributed by atoms with E-state index < -0.39 is 0 Å². The van der Waals surface area contributed by atoms with Gasteiger partial charge in [0.1, 0.15) is 5.56 Å². The quantitative estimate of drug-likeness (QED) is 0.900. The van der Waals surface area contributed by atoms with Crippen LogP contribution >= 0.6 is 0 Å². The van der Waals surface area contributed by atoms with Crippen LogP contribution in [-0.2, 0) is 0 Å². The highest BCUT2D eigenvalue weighted by atomic mass is 16.1. The van der Waals surface area contributed by atoms with Crippen molar-refractivity contribution in [3.05, 3.63) is 28.7 Å². The summed E-state index contributed by atoms with van der Waals surface area (Å²) < 4.78 is 1.74. The van der Waals surface area contributed by atoms with E-state index in [1.54, 1.807) is 4.52 Å². The molecule has 0 bridgehead atoms. The molecule has 2 atom stereocenters. The van der Waals surface area contributed by atoms with Gasteiger partial charge in [-0.1, -0.05) is 6.42 Å². The summed E-state index contributed by atoms with van der Waals surface area (Å²) in [5.74, 6) is 0.290. The maximum Gasteiger partial charge on any atom is 0.257 e. The van der Waals surface area contributed by atoms with Crippen molar-refractivity contribution in [3.63, 3.8) is 0 Å². The number of rotatable bonds is 3. The van der Waals surface area contributed by atoms with Crippen LogP contribution in [0.15, 0.2) is 6.07 Å². The molecule has 0 spiro atoms. The van der Waals surface area contributed by atoms with Crippen molar-refractivity contribution >= 4 is 11.6 Å². The van der Waals surface area contributed by atoms with Crippen molar-refractivity contribution in [1.82, 2.24) is 19.9 Å². The van der Waals surface area contributed by atoms with E-state index in [-0.39, 0.29) is 11.9 Å². The molecule has 6 heteroatoms. The Balaban J connectivity index is 1.95. The predicted molar refractivity (Wildman–Crippen MR) is 84.8 cm³/mol. The van der Waals surface area contributed by atoms with Gasteiger partial charge in [0.15, 0.2) is 5.65 Å². The van der Waals surface area contributed by atoms with E-state index in [2.05, 4.69) is 15.4 Å². The average molecular weight is 301 g/mol. The smallest absolute Gasteiger partial charge is 0.257 e. The molecule has 1 aliphatic rings. The van der Waals surface area contributed by atoms with Gasteiger partial charge in [0.05, 0.1) is 5.69 Å². The number of carbonyl (C=O) groups excluding carboxylic acids is 1. The number of nitrogens with zero attached hydrogens (tertiary/aromatic N) is 3. The van der Waals surface area contributed by atoms with E-state index in [9.17, 15) is 4.79 Å². The second-order valence-electron chi connectivity index (χ2n) is 6.24. The third-order valence-electron chi connectivity index (χ3n) is 4.58. The summed E-state index contributed by atoms with van der Waals surface area (Å²) in [5.41, 5.74) is 9.59. The summed E-state index contributed by atoms with van der Waals surface area (Å²) in [4.78, 5) is 17.2. The number of hydrogen-bond acceptors (Lipinski definition) is 4. The molecule has 1 fully saturated rings. The van der Waals surface area contributed by atoms with Crippen LogP contribution in [-0.4, -0.2) is 33.1 Å². The van der Waals surface area contributed by atoms with Crippen LogP contribution in [0.2, 0.25) is 0 Å². The fraction of sp³-hybridized carbons (Fsp3) is 0.562. The van der Waals surface area contributed by atoms with E-state index in [1.807, 2.05) is 26.8 Å². The second kappa shape index (κ2) is 5.68. The summed E-state index contributed by atoms with van der Waals surface area (Å²) in [6.45, 7) is 6.37. The number of aryl methyl sites for hydroxylation is 3. The van der Waals surface area contributed by atoms with Crippen LogP contribution < -0.4 is 11.1 Å². The number of nitrogens with two attached hydrogens (primary N) is 1. The minimum Gasteiger partial charge on any atom is -0.349 e. The summed E-state index contributed by atoms with van der Waals surface area (Å²) in [7, 11) is 0. The normalized spacial score (nSPS) is 21.5. The molecule has 6 nitrogen and oxygen atoms in total. The molecule has 1 amide bonds. The lowest BCUT2D eigenvalue weighted by molar-refractivity contribution is 0.0929. The number of aromatic nitrogens is 3. The number of carbonyl (C=O) groups is 1. The van der Waals surface area contributed by atoms with Gasteiger partial charge in [-0.25, -0.2) is 9.50 Å². The highest BCUT2D eigenvalue weighted by Gasteiger charge is 2.29. The van der Waals surface area contributed by atoms with Crippen molar-refractivity contribution in [1.29, 1.82) is 0 Å². The van der Waals surface area contributed by atoms with Gasteiger partial charge in [-0.3, -0.25) is 4.79 Å². The third-order valence-corrected chi connectivity index (χ3v) is 4.58. The van der Waals surface area contributed by atoms with Crippen LogP contribution in [0.3, 0.4) is 0 Å². The first kappa shape index (κ1) is 15.0. The monoisotopic (exact) mass is 301 g/mol. The van der Waals surface area contributed by atoms with Gasteiger partial charge in [0, 0.05) is 17.4 Å². The zero-order chi connectivity index (χ0) is 15.9. The molecule has 2 aromatic heterocycles. The van der Waals surface area contributed by atoms with E-state index in [0.29, 0.717) is 29.4 Å².